The van der Waals surface area contributed by atoms with Crippen LogP contribution in [0, 0.1) is 5.41 Å². The summed E-state index contributed by atoms with van der Waals surface area (Å²) < 4.78 is 0. The summed E-state index contributed by atoms with van der Waals surface area (Å²) in [5.74, 6) is 0. The lowest BCUT2D eigenvalue weighted by Crippen LogP contribution is -2.42. The number of nitrogens with zero attached hydrogens (tertiary/aromatic N) is 2. The van der Waals surface area contributed by atoms with E-state index < -0.39 is 0 Å². The second-order valence-electron chi connectivity index (χ2n) is 5.90. The number of fused-ring (bicyclic) bond motifs is 1. The van der Waals surface area contributed by atoms with Crippen LogP contribution in [0.25, 0.3) is 0 Å². The smallest absolute Gasteiger partial charge is 0.0785 e. The lowest BCUT2D eigenvalue weighted by atomic mass is 9.89. The summed E-state index contributed by atoms with van der Waals surface area (Å²) in [5, 5.41) is 0. The van der Waals surface area contributed by atoms with Crippen LogP contribution in [0.1, 0.15) is 20.3 Å². The van der Waals surface area contributed by atoms with Crippen LogP contribution in [0.15, 0.2) is 24.3 Å². The van der Waals surface area contributed by atoms with Crippen molar-refractivity contribution in [3.05, 3.63) is 24.3 Å². The molecule has 4 heteroatoms. The van der Waals surface area contributed by atoms with Gasteiger partial charge >= 0.3 is 0 Å². The topological polar surface area (TPSA) is 32.5 Å². The van der Waals surface area contributed by atoms with Gasteiger partial charge in [0.15, 0.2) is 0 Å². The van der Waals surface area contributed by atoms with Crippen LogP contribution < -0.4 is 15.5 Å². The largest absolute Gasteiger partial charge is 0.393 e. The highest BCUT2D eigenvalue weighted by Gasteiger charge is 2.25. The van der Waals surface area contributed by atoms with Crippen LogP contribution in [0.5, 0.6) is 0 Å². The lowest BCUT2D eigenvalue weighted by Gasteiger charge is -2.38. The zero-order valence-corrected chi connectivity index (χ0v) is 12.8. The van der Waals surface area contributed by atoms with Gasteiger partial charge in [0.25, 0.3) is 0 Å². The average molecular weight is 277 g/mol. The van der Waals surface area contributed by atoms with Crippen LogP contribution in [-0.2, 0) is 0 Å². The molecule has 0 radical (unpaired) electrons. The third-order valence-electron chi connectivity index (χ3n) is 4.01. The minimum Gasteiger partial charge on any atom is -0.393 e. The van der Waals surface area contributed by atoms with Crippen LogP contribution in [-0.4, -0.2) is 31.7 Å². The number of hydrogen-bond donors (Lipinski definition) is 1. The first kappa shape index (κ1) is 14.1. The van der Waals surface area contributed by atoms with Gasteiger partial charge < -0.3 is 15.5 Å². The van der Waals surface area contributed by atoms with E-state index in [0.717, 1.165) is 26.1 Å². The number of hydrogen-bond acceptors (Lipinski definition) is 3. The van der Waals surface area contributed by atoms with E-state index in [2.05, 4.69) is 55.0 Å². The fourth-order valence-electron chi connectivity index (χ4n) is 2.34. The number of likely N-dealkylation sites (N-methyl/N-ethyl adjacent to an activating group) is 1. The normalized spacial score (nSPS) is 15.3. The summed E-state index contributed by atoms with van der Waals surface area (Å²) in [7, 11) is 2.15. The summed E-state index contributed by atoms with van der Waals surface area (Å²) in [5.41, 5.74) is 8.35. The molecular formula is C15H23N3S. The molecule has 1 aliphatic heterocycles. The molecule has 19 heavy (non-hydrogen) atoms. The Bertz CT molecular complexity index is 470. The van der Waals surface area contributed by atoms with Crippen molar-refractivity contribution < 1.29 is 0 Å². The zero-order chi connectivity index (χ0) is 14.0. The van der Waals surface area contributed by atoms with Gasteiger partial charge in [-0.25, -0.2) is 0 Å². The summed E-state index contributed by atoms with van der Waals surface area (Å²) in [6, 6.07) is 8.57. The molecule has 1 heterocycles. The van der Waals surface area contributed by atoms with Crippen molar-refractivity contribution in [2.45, 2.75) is 20.3 Å². The Morgan fingerprint density at radius 3 is 2.53 bits per heavy atom. The van der Waals surface area contributed by atoms with Crippen molar-refractivity contribution in [2.24, 2.45) is 11.1 Å². The van der Waals surface area contributed by atoms with E-state index in [9.17, 15) is 0 Å². The van der Waals surface area contributed by atoms with Crippen molar-refractivity contribution in [1.82, 2.24) is 0 Å². The number of benzene rings is 1. The third-order valence-corrected chi connectivity index (χ3v) is 4.57. The summed E-state index contributed by atoms with van der Waals surface area (Å²) >= 11 is 5.15. The van der Waals surface area contributed by atoms with Crippen molar-refractivity contribution in [3.8, 4) is 0 Å². The monoisotopic (exact) mass is 277 g/mol. The number of thiocarbonyl (C=S) groups is 1. The second-order valence-corrected chi connectivity index (χ2v) is 6.34. The first-order valence-electron chi connectivity index (χ1n) is 6.77. The Balaban J connectivity index is 2.11. The molecule has 0 amide bonds. The number of anilines is 2. The van der Waals surface area contributed by atoms with Gasteiger partial charge in [0.2, 0.25) is 0 Å². The van der Waals surface area contributed by atoms with Gasteiger partial charge in [-0.05, 0) is 18.6 Å². The van der Waals surface area contributed by atoms with Gasteiger partial charge in [0.1, 0.15) is 0 Å². The highest BCUT2D eigenvalue weighted by Crippen LogP contribution is 2.33. The van der Waals surface area contributed by atoms with Gasteiger partial charge in [0.05, 0.1) is 16.4 Å². The van der Waals surface area contributed by atoms with Gasteiger partial charge in [-0.1, -0.05) is 38.2 Å². The van der Waals surface area contributed by atoms with E-state index in [-0.39, 0.29) is 5.41 Å². The fourth-order valence-corrected chi connectivity index (χ4v) is 2.44. The lowest BCUT2D eigenvalue weighted by molar-refractivity contribution is 0.474. The highest BCUT2D eigenvalue weighted by atomic mass is 32.1. The van der Waals surface area contributed by atoms with Gasteiger partial charge in [0, 0.05) is 32.1 Å². The van der Waals surface area contributed by atoms with Crippen LogP contribution >= 0.6 is 12.2 Å². The van der Waals surface area contributed by atoms with Crippen LogP contribution in [0.4, 0.5) is 11.4 Å². The maximum absolute atomic E-state index is 5.81. The Morgan fingerprint density at radius 1 is 1.26 bits per heavy atom. The minimum absolute atomic E-state index is 0.0758. The molecule has 0 fully saturated rings. The molecule has 0 unspecified atom stereocenters. The Labute approximate surface area is 121 Å². The predicted molar refractivity (Wildman–Crippen MR) is 87.1 cm³/mol. The number of nitrogens with two attached hydrogens (primary N) is 1. The third kappa shape index (κ3) is 3.00. The van der Waals surface area contributed by atoms with E-state index in [1.54, 1.807) is 0 Å². The first-order valence-corrected chi connectivity index (χ1v) is 7.18. The summed E-state index contributed by atoms with van der Waals surface area (Å²) in [6.45, 7) is 7.36. The molecule has 2 rings (SSSR count). The number of rotatable bonds is 4. The highest BCUT2D eigenvalue weighted by molar-refractivity contribution is 7.80. The SMILES string of the molecule is CN1CCN(CCC(C)(C)C(N)=S)c2ccccc21. The fraction of sp³-hybridized carbons (Fsp3) is 0.533. The molecule has 1 aliphatic rings. The molecule has 0 bridgehead atoms. The molecule has 104 valence electrons. The standard InChI is InChI=1S/C15H23N3S/c1-15(2,14(16)19)8-9-18-11-10-17(3)12-6-4-5-7-13(12)18/h4-7H,8-11H2,1-3H3,(H2,16,19). The maximum atomic E-state index is 5.81. The Morgan fingerprint density at radius 2 is 1.89 bits per heavy atom. The molecule has 0 atom stereocenters. The number of para-hydroxylation sites is 2. The summed E-state index contributed by atoms with van der Waals surface area (Å²) in [4.78, 5) is 5.36. The second kappa shape index (κ2) is 5.37. The molecule has 0 spiro atoms. The molecular weight excluding hydrogens is 254 g/mol. The molecule has 1 aromatic carbocycles. The van der Waals surface area contributed by atoms with E-state index in [1.807, 2.05) is 0 Å². The van der Waals surface area contributed by atoms with E-state index in [0.29, 0.717) is 4.99 Å². The molecule has 0 saturated heterocycles. The maximum Gasteiger partial charge on any atom is 0.0785 e. The zero-order valence-electron chi connectivity index (χ0n) is 12.0. The Kier molecular flexibility index (Phi) is 3.99. The molecule has 0 aromatic heterocycles. The quantitative estimate of drug-likeness (QED) is 0.858. The van der Waals surface area contributed by atoms with Crippen molar-refractivity contribution in [3.63, 3.8) is 0 Å². The van der Waals surface area contributed by atoms with Crippen molar-refractivity contribution in [1.29, 1.82) is 0 Å². The van der Waals surface area contributed by atoms with E-state index in [1.165, 1.54) is 11.4 Å². The predicted octanol–water partition coefficient (Wildman–Crippen LogP) is 2.65. The van der Waals surface area contributed by atoms with Crippen LogP contribution in [0.2, 0.25) is 0 Å². The molecule has 0 aliphatic carbocycles. The summed E-state index contributed by atoms with van der Waals surface area (Å²) in [6.07, 6.45) is 0.986. The molecule has 3 nitrogen and oxygen atoms in total. The van der Waals surface area contributed by atoms with Gasteiger partial charge in [-0.3, -0.25) is 0 Å². The van der Waals surface area contributed by atoms with Gasteiger partial charge in [-0.2, -0.15) is 0 Å². The van der Waals surface area contributed by atoms with Crippen molar-refractivity contribution in [2.75, 3.05) is 36.5 Å². The molecule has 1 aromatic rings. The minimum atomic E-state index is -0.0758. The first-order chi connectivity index (χ1) is 8.92. The van der Waals surface area contributed by atoms with Crippen molar-refractivity contribution >= 4 is 28.6 Å². The molecule has 0 saturated carbocycles. The van der Waals surface area contributed by atoms with Gasteiger partial charge in [-0.15, -0.1) is 0 Å². The average Bonchev–Trinajstić information content (AvgIpc) is 2.38. The molecule has 2 N–H and O–H groups in total. The van der Waals surface area contributed by atoms with E-state index >= 15 is 0 Å². The Hall–Kier alpha value is -1.29. The van der Waals surface area contributed by atoms with Crippen LogP contribution in [0.3, 0.4) is 0 Å². The van der Waals surface area contributed by atoms with E-state index in [4.69, 9.17) is 18.0 Å².